The van der Waals surface area contributed by atoms with Gasteiger partial charge in [0.15, 0.2) is 0 Å². The molecule has 1 N–H and O–H groups in total. The maximum absolute atomic E-state index is 13.2. The Kier molecular flexibility index (Phi) is 5.87. The minimum absolute atomic E-state index is 0.0539. The zero-order valence-electron chi connectivity index (χ0n) is 13.9. The Morgan fingerprint density at radius 2 is 2.04 bits per heavy atom. The first-order valence-corrected chi connectivity index (χ1v) is 8.06. The number of alkyl halides is 3. The van der Waals surface area contributed by atoms with Crippen molar-refractivity contribution in [1.29, 1.82) is 0 Å². The van der Waals surface area contributed by atoms with Crippen LogP contribution in [0, 0.1) is 0 Å². The minimum atomic E-state index is -4.44. The molecule has 1 fully saturated rings. The number of rotatable bonds is 5. The number of amides is 1. The second-order valence-corrected chi connectivity index (χ2v) is 6.14. The maximum atomic E-state index is 13.2. The van der Waals surface area contributed by atoms with Crippen molar-refractivity contribution in [3.63, 3.8) is 0 Å². The summed E-state index contributed by atoms with van der Waals surface area (Å²) in [7, 11) is 1.69. The number of benzene rings is 1. The molecule has 1 amide bonds. The number of hydrogen-bond donors (Lipinski definition) is 1. The lowest BCUT2D eigenvalue weighted by molar-refractivity contribution is -0.139. The Bertz CT molecular complexity index is 577. The zero-order valence-corrected chi connectivity index (χ0v) is 13.9. The molecule has 2 rings (SSSR count). The van der Waals surface area contributed by atoms with Gasteiger partial charge in [-0.1, -0.05) is 18.2 Å². The van der Waals surface area contributed by atoms with E-state index in [0.29, 0.717) is 13.1 Å². The van der Waals surface area contributed by atoms with E-state index in [-0.39, 0.29) is 30.9 Å². The average molecular weight is 344 g/mol. The third-order valence-corrected chi connectivity index (χ3v) is 4.52. The predicted octanol–water partition coefficient (Wildman–Crippen LogP) is 2.68. The maximum Gasteiger partial charge on any atom is 0.416 e. The number of aliphatic hydroxyl groups excluding tert-OH is 1. The van der Waals surface area contributed by atoms with Gasteiger partial charge in [0.2, 0.25) is 5.91 Å². The molecule has 1 aliphatic heterocycles. The summed E-state index contributed by atoms with van der Waals surface area (Å²) in [5.41, 5.74) is -0.510. The van der Waals surface area contributed by atoms with Crippen molar-refractivity contribution in [2.75, 3.05) is 26.7 Å². The number of carbonyl (C=O) groups excluding carboxylic acids is 1. The van der Waals surface area contributed by atoms with Crippen LogP contribution in [-0.4, -0.2) is 53.6 Å². The molecule has 0 aliphatic carbocycles. The SMILES string of the molecule is CCN(C)C(=O)CCN1C[C@H](O)C[C@H]1c1ccccc1C(F)(F)F. The molecule has 1 heterocycles. The van der Waals surface area contributed by atoms with Gasteiger partial charge < -0.3 is 10.0 Å². The number of carbonyl (C=O) groups is 1. The van der Waals surface area contributed by atoms with Crippen molar-refractivity contribution in [3.8, 4) is 0 Å². The van der Waals surface area contributed by atoms with Crippen LogP contribution < -0.4 is 0 Å². The zero-order chi connectivity index (χ0) is 17.9. The van der Waals surface area contributed by atoms with E-state index in [1.54, 1.807) is 22.9 Å². The quantitative estimate of drug-likeness (QED) is 0.893. The van der Waals surface area contributed by atoms with E-state index in [0.717, 1.165) is 6.07 Å². The van der Waals surface area contributed by atoms with E-state index in [2.05, 4.69) is 0 Å². The van der Waals surface area contributed by atoms with Crippen LogP contribution in [0.3, 0.4) is 0 Å². The molecular weight excluding hydrogens is 321 g/mol. The first-order chi connectivity index (χ1) is 11.2. The summed E-state index contributed by atoms with van der Waals surface area (Å²) in [5.74, 6) is -0.0539. The van der Waals surface area contributed by atoms with Crippen molar-refractivity contribution in [2.24, 2.45) is 0 Å². The Morgan fingerprint density at radius 3 is 2.67 bits per heavy atom. The molecule has 4 nitrogen and oxygen atoms in total. The summed E-state index contributed by atoms with van der Waals surface area (Å²) in [6, 6.07) is 4.93. The highest BCUT2D eigenvalue weighted by atomic mass is 19.4. The molecule has 2 atom stereocenters. The Morgan fingerprint density at radius 1 is 1.38 bits per heavy atom. The molecule has 0 aromatic heterocycles. The topological polar surface area (TPSA) is 43.8 Å². The summed E-state index contributed by atoms with van der Waals surface area (Å²) in [4.78, 5) is 15.3. The minimum Gasteiger partial charge on any atom is -0.392 e. The summed E-state index contributed by atoms with van der Waals surface area (Å²) < 4.78 is 39.7. The number of halogens is 3. The fourth-order valence-electron chi connectivity index (χ4n) is 3.10. The van der Waals surface area contributed by atoms with E-state index in [9.17, 15) is 23.1 Å². The first kappa shape index (κ1) is 18.7. The molecule has 0 bridgehead atoms. The normalized spacial score (nSPS) is 21.9. The molecule has 0 saturated carbocycles. The van der Waals surface area contributed by atoms with Crippen LogP contribution in [-0.2, 0) is 11.0 Å². The highest BCUT2D eigenvalue weighted by Crippen LogP contribution is 2.40. The van der Waals surface area contributed by atoms with Crippen LogP contribution in [0.25, 0.3) is 0 Å². The van der Waals surface area contributed by atoms with Gasteiger partial charge in [0.25, 0.3) is 0 Å². The standard InChI is InChI=1S/C17H23F3N2O2/c1-3-21(2)16(24)8-9-22-11-12(23)10-15(22)13-6-4-5-7-14(13)17(18,19)20/h4-7,12,15,23H,3,8-11H2,1-2H3/t12-,15+/m1/s1. The molecule has 0 radical (unpaired) electrons. The van der Waals surface area contributed by atoms with Crippen molar-refractivity contribution in [1.82, 2.24) is 9.80 Å². The third-order valence-electron chi connectivity index (χ3n) is 4.52. The van der Waals surface area contributed by atoms with Crippen LogP contribution in [0.5, 0.6) is 0 Å². The molecule has 7 heteroatoms. The average Bonchev–Trinajstić information content (AvgIpc) is 2.91. The van der Waals surface area contributed by atoms with Crippen molar-refractivity contribution >= 4 is 5.91 Å². The number of β-amino-alcohol motifs (C(OH)–C–C–N with tert-alkyl or cyclic N) is 1. The van der Waals surface area contributed by atoms with Gasteiger partial charge in [-0.15, -0.1) is 0 Å². The first-order valence-electron chi connectivity index (χ1n) is 8.06. The monoisotopic (exact) mass is 344 g/mol. The molecule has 24 heavy (non-hydrogen) atoms. The highest BCUT2D eigenvalue weighted by Gasteiger charge is 2.39. The lowest BCUT2D eigenvalue weighted by Gasteiger charge is -2.27. The van der Waals surface area contributed by atoms with Gasteiger partial charge in [-0.25, -0.2) is 0 Å². The molecule has 1 aromatic carbocycles. The molecular formula is C17H23F3N2O2. The van der Waals surface area contributed by atoms with Crippen LogP contribution in [0.4, 0.5) is 13.2 Å². The number of nitrogens with zero attached hydrogens (tertiary/aromatic N) is 2. The molecule has 134 valence electrons. The molecule has 0 spiro atoms. The predicted molar refractivity (Wildman–Crippen MR) is 84.3 cm³/mol. The van der Waals surface area contributed by atoms with Gasteiger partial charge >= 0.3 is 6.18 Å². The van der Waals surface area contributed by atoms with Gasteiger partial charge in [-0.05, 0) is 25.0 Å². The summed E-state index contributed by atoms with van der Waals surface area (Å²) in [6.07, 6.45) is -4.66. The third kappa shape index (κ3) is 4.27. The largest absolute Gasteiger partial charge is 0.416 e. The number of likely N-dealkylation sites (tertiary alicyclic amines) is 1. The Hall–Kier alpha value is -1.60. The van der Waals surface area contributed by atoms with Crippen LogP contribution >= 0.6 is 0 Å². The van der Waals surface area contributed by atoms with Crippen molar-refractivity contribution in [2.45, 2.75) is 38.1 Å². The van der Waals surface area contributed by atoms with Gasteiger partial charge in [0.1, 0.15) is 0 Å². The van der Waals surface area contributed by atoms with E-state index >= 15 is 0 Å². The van der Waals surface area contributed by atoms with Crippen LogP contribution in [0.15, 0.2) is 24.3 Å². The second kappa shape index (κ2) is 7.53. The van der Waals surface area contributed by atoms with Crippen LogP contribution in [0.1, 0.15) is 36.9 Å². The van der Waals surface area contributed by atoms with E-state index in [1.165, 1.54) is 12.1 Å². The molecule has 0 unspecified atom stereocenters. The number of hydrogen-bond acceptors (Lipinski definition) is 3. The molecule has 1 aromatic rings. The lowest BCUT2D eigenvalue weighted by atomic mass is 9.97. The molecule has 1 aliphatic rings. The molecule has 1 saturated heterocycles. The summed E-state index contributed by atoms with van der Waals surface area (Å²) in [6.45, 7) is 3.05. The van der Waals surface area contributed by atoms with Crippen molar-refractivity contribution < 1.29 is 23.1 Å². The van der Waals surface area contributed by atoms with Gasteiger partial charge in [0.05, 0.1) is 11.7 Å². The van der Waals surface area contributed by atoms with E-state index in [1.807, 2.05) is 6.92 Å². The Balaban J connectivity index is 2.18. The van der Waals surface area contributed by atoms with Crippen LogP contribution in [0.2, 0.25) is 0 Å². The second-order valence-electron chi connectivity index (χ2n) is 6.14. The van der Waals surface area contributed by atoms with E-state index < -0.39 is 23.9 Å². The smallest absolute Gasteiger partial charge is 0.392 e. The highest BCUT2D eigenvalue weighted by molar-refractivity contribution is 5.76. The summed E-state index contributed by atoms with van der Waals surface area (Å²) in [5, 5.41) is 9.93. The fourth-order valence-corrected chi connectivity index (χ4v) is 3.10. The lowest BCUT2D eigenvalue weighted by Crippen LogP contribution is -2.33. The fraction of sp³-hybridized carbons (Fsp3) is 0.588. The number of aliphatic hydroxyl groups is 1. The van der Waals surface area contributed by atoms with E-state index in [4.69, 9.17) is 0 Å². The van der Waals surface area contributed by atoms with Gasteiger partial charge in [-0.2, -0.15) is 13.2 Å². The summed E-state index contributed by atoms with van der Waals surface area (Å²) >= 11 is 0. The Labute approximate surface area is 139 Å². The van der Waals surface area contributed by atoms with Gasteiger partial charge in [0, 0.05) is 39.1 Å². The van der Waals surface area contributed by atoms with Crippen molar-refractivity contribution in [3.05, 3.63) is 35.4 Å². The van der Waals surface area contributed by atoms with Gasteiger partial charge in [-0.3, -0.25) is 9.69 Å².